The Kier molecular flexibility index (Phi) is 5.62. The topological polar surface area (TPSA) is 3.24 Å². The average Bonchev–Trinajstić information content (AvgIpc) is 3.64. The molecule has 9 rings (SSSR count). The minimum Gasteiger partial charge on any atom is -0.308 e. The zero-order valence-electron chi connectivity index (χ0n) is 23.2. The normalized spacial score (nSPS) is 11.7. The lowest BCUT2D eigenvalue weighted by atomic mass is 10.0. The Bertz CT molecular complexity index is 2470. The standard InChI is InChI=1S/C40H25NS2/c1-2-11-26(12-3-1)29-14-6-8-18-35(29)41(28-22-24-32-31-16-7-9-20-37(31)42-38(32)25-28)36-19-10-17-33-34-23-21-27-13-4-5-15-30(27)39(34)43-40(33)36/h1-25H. The Morgan fingerprint density at radius 1 is 0.395 bits per heavy atom. The molecule has 0 aliphatic carbocycles. The van der Waals surface area contributed by atoms with Crippen molar-refractivity contribution in [1.82, 2.24) is 0 Å². The molecule has 0 saturated heterocycles. The van der Waals surface area contributed by atoms with Gasteiger partial charge >= 0.3 is 0 Å². The summed E-state index contributed by atoms with van der Waals surface area (Å²) >= 11 is 3.77. The molecular formula is C40H25NS2. The van der Waals surface area contributed by atoms with E-state index in [0.717, 1.165) is 5.69 Å². The van der Waals surface area contributed by atoms with Gasteiger partial charge in [-0.1, -0.05) is 121 Å². The molecule has 43 heavy (non-hydrogen) atoms. The van der Waals surface area contributed by atoms with Gasteiger partial charge in [0.2, 0.25) is 0 Å². The number of hydrogen-bond acceptors (Lipinski definition) is 3. The SMILES string of the molecule is c1ccc(-c2ccccc2N(c2ccc3c(c2)sc2ccccc23)c2cccc3c2sc2c4ccccc4ccc32)cc1. The zero-order chi connectivity index (χ0) is 28.3. The molecule has 0 unspecified atom stereocenters. The molecule has 0 spiro atoms. The fourth-order valence-corrected chi connectivity index (χ4v) is 8.96. The van der Waals surface area contributed by atoms with Crippen LogP contribution in [0.15, 0.2) is 152 Å². The van der Waals surface area contributed by atoms with Crippen LogP contribution in [0.2, 0.25) is 0 Å². The maximum absolute atomic E-state index is 2.48. The van der Waals surface area contributed by atoms with E-state index in [4.69, 9.17) is 0 Å². The van der Waals surface area contributed by atoms with E-state index in [1.54, 1.807) is 0 Å². The first-order chi connectivity index (χ1) is 21.3. The minimum absolute atomic E-state index is 1.16. The van der Waals surface area contributed by atoms with Gasteiger partial charge < -0.3 is 4.90 Å². The average molecular weight is 584 g/mol. The first kappa shape index (κ1) is 24.6. The number of fused-ring (bicyclic) bond motifs is 8. The number of rotatable bonds is 4. The second-order valence-electron chi connectivity index (χ2n) is 10.9. The van der Waals surface area contributed by atoms with E-state index in [2.05, 4.69) is 157 Å². The third-order valence-electron chi connectivity index (χ3n) is 8.46. The van der Waals surface area contributed by atoms with E-state index >= 15 is 0 Å². The highest BCUT2D eigenvalue weighted by molar-refractivity contribution is 7.27. The second-order valence-corrected chi connectivity index (χ2v) is 13.0. The Morgan fingerprint density at radius 2 is 1.07 bits per heavy atom. The monoisotopic (exact) mass is 583 g/mol. The van der Waals surface area contributed by atoms with E-state index in [0.29, 0.717) is 0 Å². The molecule has 3 heteroatoms. The summed E-state index contributed by atoms with van der Waals surface area (Å²) in [5.74, 6) is 0. The van der Waals surface area contributed by atoms with Crippen LogP contribution in [0.3, 0.4) is 0 Å². The number of hydrogen-bond donors (Lipinski definition) is 0. The predicted molar refractivity (Wildman–Crippen MR) is 190 cm³/mol. The minimum atomic E-state index is 1.16. The highest BCUT2D eigenvalue weighted by Crippen LogP contribution is 2.49. The predicted octanol–water partition coefficient (Wildman–Crippen LogP) is 12.7. The third-order valence-corrected chi connectivity index (χ3v) is 10.9. The van der Waals surface area contributed by atoms with Crippen LogP contribution in [-0.4, -0.2) is 0 Å². The quantitative estimate of drug-likeness (QED) is 0.199. The van der Waals surface area contributed by atoms with Gasteiger partial charge in [-0.15, -0.1) is 22.7 Å². The van der Waals surface area contributed by atoms with Crippen molar-refractivity contribution in [3.05, 3.63) is 152 Å². The van der Waals surface area contributed by atoms with Crippen LogP contribution in [-0.2, 0) is 0 Å². The summed E-state index contributed by atoms with van der Waals surface area (Å²) in [6, 6.07) is 55.3. The summed E-state index contributed by atoms with van der Waals surface area (Å²) < 4.78 is 5.27. The van der Waals surface area contributed by atoms with Crippen molar-refractivity contribution < 1.29 is 0 Å². The van der Waals surface area contributed by atoms with Gasteiger partial charge in [0.05, 0.1) is 16.1 Å². The third kappa shape index (κ3) is 3.90. The Balaban J connectivity index is 1.36. The molecule has 0 saturated carbocycles. The van der Waals surface area contributed by atoms with Crippen LogP contribution < -0.4 is 4.90 Å². The molecule has 0 N–H and O–H groups in total. The van der Waals surface area contributed by atoms with Crippen molar-refractivity contribution in [2.75, 3.05) is 4.90 Å². The van der Waals surface area contributed by atoms with Crippen molar-refractivity contribution in [2.24, 2.45) is 0 Å². The van der Waals surface area contributed by atoms with Crippen LogP contribution in [0.5, 0.6) is 0 Å². The number of anilines is 3. The van der Waals surface area contributed by atoms with Crippen molar-refractivity contribution in [3.8, 4) is 11.1 Å². The van der Waals surface area contributed by atoms with E-state index in [-0.39, 0.29) is 0 Å². The lowest BCUT2D eigenvalue weighted by molar-refractivity contribution is 1.31. The van der Waals surface area contributed by atoms with E-state index in [9.17, 15) is 0 Å². The summed E-state index contributed by atoms with van der Waals surface area (Å²) in [4.78, 5) is 2.48. The Morgan fingerprint density at radius 3 is 2.00 bits per heavy atom. The first-order valence-corrected chi connectivity index (χ1v) is 16.2. The van der Waals surface area contributed by atoms with Gasteiger partial charge in [-0.25, -0.2) is 0 Å². The van der Waals surface area contributed by atoms with Gasteiger partial charge in [0.1, 0.15) is 0 Å². The number of para-hydroxylation sites is 1. The van der Waals surface area contributed by atoms with Gasteiger partial charge in [-0.3, -0.25) is 0 Å². The molecule has 0 aliphatic rings. The maximum Gasteiger partial charge on any atom is 0.0640 e. The smallest absolute Gasteiger partial charge is 0.0640 e. The van der Waals surface area contributed by atoms with Crippen LogP contribution >= 0.6 is 22.7 Å². The highest BCUT2D eigenvalue weighted by atomic mass is 32.1. The summed E-state index contributed by atoms with van der Waals surface area (Å²) in [5, 5.41) is 7.85. The molecule has 0 bridgehead atoms. The van der Waals surface area contributed by atoms with Gasteiger partial charge in [0.15, 0.2) is 0 Å². The summed E-state index contributed by atoms with van der Waals surface area (Å²) in [5.41, 5.74) is 5.96. The van der Waals surface area contributed by atoms with Gasteiger partial charge in [0.25, 0.3) is 0 Å². The molecule has 0 fully saturated rings. The molecule has 202 valence electrons. The van der Waals surface area contributed by atoms with Crippen molar-refractivity contribution in [1.29, 1.82) is 0 Å². The fraction of sp³-hybridized carbons (Fsp3) is 0. The van der Waals surface area contributed by atoms with E-state index in [1.165, 1.54) is 73.6 Å². The molecule has 2 heterocycles. The van der Waals surface area contributed by atoms with Gasteiger partial charge in [0, 0.05) is 46.9 Å². The maximum atomic E-state index is 2.48. The Labute approximate surface area is 257 Å². The van der Waals surface area contributed by atoms with Crippen molar-refractivity contribution in [3.63, 3.8) is 0 Å². The van der Waals surface area contributed by atoms with Gasteiger partial charge in [-0.2, -0.15) is 0 Å². The molecule has 9 aromatic rings. The lowest BCUT2D eigenvalue weighted by Gasteiger charge is -2.28. The first-order valence-electron chi connectivity index (χ1n) is 14.5. The molecular weight excluding hydrogens is 559 g/mol. The summed E-state index contributed by atoms with van der Waals surface area (Å²) in [7, 11) is 0. The molecule has 0 amide bonds. The van der Waals surface area contributed by atoms with Crippen LogP contribution in [0.1, 0.15) is 0 Å². The highest BCUT2D eigenvalue weighted by Gasteiger charge is 2.22. The fourth-order valence-electron chi connectivity index (χ4n) is 6.48. The number of nitrogens with zero attached hydrogens (tertiary/aromatic N) is 1. The zero-order valence-corrected chi connectivity index (χ0v) is 24.8. The van der Waals surface area contributed by atoms with E-state index < -0.39 is 0 Å². The molecule has 0 radical (unpaired) electrons. The molecule has 0 atom stereocenters. The number of thiophene rings is 2. The molecule has 1 nitrogen and oxygen atoms in total. The molecule has 7 aromatic carbocycles. The second kappa shape index (κ2) is 9.81. The van der Waals surface area contributed by atoms with Crippen LogP contribution in [0, 0.1) is 0 Å². The van der Waals surface area contributed by atoms with Crippen LogP contribution in [0.25, 0.3) is 62.2 Å². The van der Waals surface area contributed by atoms with Crippen molar-refractivity contribution >= 4 is 90.9 Å². The van der Waals surface area contributed by atoms with Gasteiger partial charge in [-0.05, 0) is 46.7 Å². The summed E-state index contributed by atoms with van der Waals surface area (Å²) in [6.45, 7) is 0. The van der Waals surface area contributed by atoms with Crippen LogP contribution in [0.4, 0.5) is 17.1 Å². The van der Waals surface area contributed by atoms with Crippen molar-refractivity contribution in [2.45, 2.75) is 0 Å². The summed E-state index contributed by atoms with van der Waals surface area (Å²) in [6.07, 6.45) is 0. The lowest BCUT2D eigenvalue weighted by Crippen LogP contribution is -2.11. The Hall–Kier alpha value is -4.96. The molecule has 2 aromatic heterocycles. The largest absolute Gasteiger partial charge is 0.308 e. The molecule has 0 aliphatic heterocycles. The number of benzene rings is 7. The van der Waals surface area contributed by atoms with E-state index in [1.807, 2.05) is 22.7 Å².